The van der Waals surface area contributed by atoms with Gasteiger partial charge in [-0.05, 0) is 66.1 Å². The molecule has 1 aliphatic heterocycles. The fourth-order valence-electron chi connectivity index (χ4n) is 4.59. The van der Waals surface area contributed by atoms with Crippen LogP contribution in [0.3, 0.4) is 0 Å². The van der Waals surface area contributed by atoms with Crippen LogP contribution in [-0.2, 0) is 6.61 Å². The summed E-state index contributed by atoms with van der Waals surface area (Å²) >= 11 is 5.98. The summed E-state index contributed by atoms with van der Waals surface area (Å²) in [5.41, 5.74) is 9.33. The number of esters is 1. The van der Waals surface area contributed by atoms with Gasteiger partial charge in [0.1, 0.15) is 41.2 Å². The lowest BCUT2D eigenvalue weighted by molar-refractivity contribution is 0.0734. The molecule has 2 N–H and O–H groups in total. The molecular formula is C34H29ClN2O5. The number of carbonyl (C=O) groups excluding carboxylic acids is 1. The van der Waals surface area contributed by atoms with E-state index in [4.69, 9.17) is 36.3 Å². The van der Waals surface area contributed by atoms with Gasteiger partial charge >= 0.3 is 5.97 Å². The number of carbonyl (C=O) groups is 1. The van der Waals surface area contributed by atoms with Crippen molar-refractivity contribution in [3.05, 3.63) is 130 Å². The standard InChI is InChI=1S/C34H29ClN2O5/c1-2-3-16-39-26-8-5-7-24(18-26)34(38)41-28-14-15-29-31(19-28)42-33(37)30(20-36)32(29)23-6-4-9-27(17-23)40-21-22-10-12-25(35)13-11-22/h4-15,17-19,32H,2-3,16,21,37H2,1H3. The van der Waals surface area contributed by atoms with Gasteiger partial charge in [-0.15, -0.1) is 0 Å². The lowest BCUT2D eigenvalue weighted by Crippen LogP contribution is -2.21. The number of fused-ring (bicyclic) bond motifs is 1. The first kappa shape index (κ1) is 28.6. The molecule has 4 aromatic rings. The molecule has 42 heavy (non-hydrogen) atoms. The first-order valence-electron chi connectivity index (χ1n) is 13.6. The van der Waals surface area contributed by atoms with Crippen molar-refractivity contribution in [3.8, 4) is 29.1 Å². The maximum atomic E-state index is 12.9. The van der Waals surface area contributed by atoms with Gasteiger partial charge in [0.2, 0.25) is 5.88 Å². The number of hydrogen-bond donors (Lipinski definition) is 1. The predicted octanol–water partition coefficient (Wildman–Crippen LogP) is 7.54. The summed E-state index contributed by atoms with van der Waals surface area (Å²) in [5, 5.41) is 10.6. The fourth-order valence-corrected chi connectivity index (χ4v) is 4.71. The Labute approximate surface area is 249 Å². The summed E-state index contributed by atoms with van der Waals surface area (Å²) in [4.78, 5) is 12.9. The van der Waals surface area contributed by atoms with Crippen molar-refractivity contribution in [3.63, 3.8) is 0 Å². The van der Waals surface area contributed by atoms with Gasteiger partial charge in [-0.2, -0.15) is 5.26 Å². The Morgan fingerprint density at radius 1 is 0.952 bits per heavy atom. The molecule has 0 aromatic heterocycles. The van der Waals surface area contributed by atoms with Crippen molar-refractivity contribution in [1.82, 2.24) is 0 Å². The van der Waals surface area contributed by atoms with E-state index < -0.39 is 11.9 Å². The van der Waals surface area contributed by atoms with Crippen molar-refractivity contribution in [2.45, 2.75) is 32.3 Å². The van der Waals surface area contributed by atoms with Crippen molar-refractivity contribution in [2.24, 2.45) is 5.73 Å². The molecule has 8 heteroatoms. The first-order valence-corrected chi connectivity index (χ1v) is 14.0. The summed E-state index contributed by atoms with van der Waals surface area (Å²) in [6.45, 7) is 3.02. The van der Waals surface area contributed by atoms with Crippen molar-refractivity contribution in [2.75, 3.05) is 6.61 Å². The molecule has 0 fully saturated rings. The number of unbranched alkanes of at least 4 members (excludes halogenated alkanes) is 1. The van der Waals surface area contributed by atoms with Crippen LogP contribution in [0.25, 0.3) is 0 Å². The molecular weight excluding hydrogens is 552 g/mol. The molecule has 0 spiro atoms. The van der Waals surface area contributed by atoms with Crippen LogP contribution in [0.1, 0.15) is 52.7 Å². The molecule has 212 valence electrons. The molecule has 1 heterocycles. The highest BCUT2D eigenvalue weighted by atomic mass is 35.5. The van der Waals surface area contributed by atoms with Gasteiger partial charge in [0.25, 0.3) is 0 Å². The van der Waals surface area contributed by atoms with E-state index in [0.717, 1.165) is 24.0 Å². The monoisotopic (exact) mass is 580 g/mol. The molecule has 4 aromatic carbocycles. The zero-order valence-corrected chi connectivity index (χ0v) is 23.8. The third-order valence-corrected chi connectivity index (χ3v) is 7.00. The van der Waals surface area contributed by atoms with Gasteiger partial charge in [-0.3, -0.25) is 0 Å². The minimum atomic E-state index is -0.532. The average molecular weight is 581 g/mol. The van der Waals surface area contributed by atoms with Crippen LogP contribution in [0.15, 0.2) is 102 Å². The smallest absolute Gasteiger partial charge is 0.343 e. The summed E-state index contributed by atoms with van der Waals surface area (Å²) in [7, 11) is 0. The maximum absolute atomic E-state index is 12.9. The van der Waals surface area contributed by atoms with Crippen LogP contribution >= 0.6 is 11.6 Å². The average Bonchev–Trinajstić information content (AvgIpc) is 3.00. The Morgan fingerprint density at radius 2 is 1.71 bits per heavy atom. The Hall–Kier alpha value is -4.93. The molecule has 1 unspecified atom stereocenters. The first-order chi connectivity index (χ1) is 20.4. The number of rotatable bonds is 10. The Kier molecular flexibility index (Phi) is 8.96. The van der Waals surface area contributed by atoms with Gasteiger partial charge in [0, 0.05) is 16.7 Å². The number of halogens is 1. The summed E-state index contributed by atoms with van der Waals surface area (Å²) in [6, 6.07) is 29.1. The topological polar surface area (TPSA) is 104 Å². The van der Waals surface area contributed by atoms with E-state index in [1.807, 2.05) is 48.5 Å². The zero-order valence-electron chi connectivity index (χ0n) is 23.0. The molecule has 0 amide bonds. The van der Waals surface area contributed by atoms with Crippen LogP contribution in [0.2, 0.25) is 5.02 Å². The second-order valence-corrected chi connectivity index (χ2v) is 10.2. The second kappa shape index (κ2) is 13.2. The lowest BCUT2D eigenvalue weighted by Gasteiger charge is -2.27. The molecule has 1 atom stereocenters. The quantitative estimate of drug-likeness (QED) is 0.117. The van der Waals surface area contributed by atoms with Crippen molar-refractivity contribution < 1.29 is 23.7 Å². The van der Waals surface area contributed by atoms with Gasteiger partial charge in [0.05, 0.1) is 18.1 Å². The number of nitriles is 1. The summed E-state index contributed by atoms with van der Waals surface area (Å²) in [5.74, 6) is 0.875. The fraction of sp³-hybridized carbons (Fsp3) is 0.176. The highest BCUT2D eigenvalue weighted by Gasteiger charge is 2.31. The minimum absolute atomic E-state index is 0.0112. The number of allylic oxidation sites excluding steroid dienone is 1. The largest absolute Gasteiger partial charge is 0.494 e. The van der Waals surface area contributed by atoms with E-state index in [1.54, 1.807) is 42.5 Å². The van der Waals surface area contributed by atoms with Crippen LogP contribution in [-0.4, -0.2) is 12.6 Å². The Balaban J connectivity index is 1.36. The van der Waals surface area contributed by atoms with Gasteiger partial charge in [-0.25, -0.2) is 4.79 Å². The van der Waals surface area contributed by atoms with Crippen LogP contribution in [0.5, 0.6) is 23.0 Å². The van der Waals surface area contributed by atoms with Gasteiger partial charge < -0.3 is 24.7 Å². The molecule has 0 bridgehead atoms. The second-order valence-electron chi connectivity index (χ2n) is 9.73. The minimum Gasteiger partial charge on any atom is -0.494 e. The molecule has 7 nitrogen and oxygen atoms in total. The summed E-state index contributed by atoms with van der Waals surface area (Å²) in [6.07, 6.45) is 1.94. The number of benzene rings is 4. The summed E-state index contributed by atoms with van der Waals surface area (Å²) < 4.78 is 23.2. The van der Waals surface area contributed by atoms with E-state index in [2.05, 4.69) is 13.0 Å². The lowest BCUT2D eigenvalue weighted by atomic mass is 9.83. The van der Waals surface area contributed by atoms with Gasteiger partial charge in [-0.1, -0.05) is 61.3 Å². The van der Waals surface area contributed by atoms with Crippen LogP contribution in [0, 0.1) is 11.3 Å². The van der Waals surface area contributed by atoms with Gasteiger partial charge in [0.15, 0.2) is 0 Å². The third-order valence-electron chi connectivity index (χ3n) is 6.75. The number of ether oxygens (including phenoxy) is 4. The van der Waals surface area contributed by atoms with E-state index in [-0.39, 0.29) is 17.2 Å². The highest BCUT2D eigenvalue weighted by Crippen LogP contribution is 2.44. The SMILES string of the molecule is CCCCOc1cccc(C(=O)Oc2ccc3c(c2)OC(N)=C(C#N)C3c2cccc(OCc3ccc(Cl)cc3)c2)c1. The molecule has 0 aliphatic carbocycles. The van der Waals surface area contributed by atoms with E-state index in [0.29, 0.717) is 46.6 Å². The zero-order chi connectivity index (χ0) is 29.5. The molecule has 5 rings (SSSR count). The highest BCUT2D eigenvalue weighted by molar-refractivity contribution is 6.30. The Bertz CT molecular complexity index is 1660. The van der Waals surface area contributed by atoms with Crippen molar-refractivity contribution >= 4 is 17.6 Å². The number of hydrogen-bond acceptors (Lipinski definition) is 7. The van der Waals surface area contributed by atoms with Crippen LogP contribution < -0.4 is 24.7 Å². The normalized spacial score (nSPS) is 13.9. The molecule has 1 aliphatic rings. The maximum Gasteiger partial charge on any atom is 0.343 e. The van der Waals surface area contributed by atoms with Crippen molar-refractivity contribution in [1.29, 1.82) is 5.26 Å². The van der Waals surface area contributed by atoms with E-state index in [1.165, 1.54) is 0 Å². The van der Waals surface area contributed by atoms with E-state index >= 15 is 0 Å². The Morgan fingerprint density at radius 3 is 2.48 bits per heavy atom. The number of nitrogens with zero attached hydrogens (tertiary/aromatic N) is 1. The van der Waals surface area contributed by atoms with Crippen LogP contribution in [0.4, 0.5) is 0 Å². The number of nitrogens with two attached hydrogens (primary N) is 1. The third kappa shape index (κ3) is 6.68. The molecule has 0 saturated carbocycles. The predicted molar refractivity (Wildman–Crippen MR) is 160 cm³/mol. The van der Waals surface area contributed by atoms with E-state index in [9.17, 15) is 10.1 Å². The molecule has 0 radical (unpaired) electrons. The molecule has 0 saturated heterocycles.